The number of hydrogen-bond donors (Lipinski definition) is 0. The molecule has 5 heteroatoms. The average molecular weight is 291 g/mol. The molecule has 0 unspecified atom stereocenters. The molecule has 0 bridgehead atoms. The molecule has 0 N–H and O–H groups in total. The number of carbonyl (C=O) groups excluding carboxylic acids is 2. The van der Waals surface area contributed by atoms with Crippen molar-refractivity contribution in [2.24, 2.45) is 5.92 Å². The van der Waals surface area contributed by atoms with Crippen molar-refractivity contribution in [3.63, 3.8) is 0 Å². The Kier molecular flexibility index (Phi) is 4.40. The molecule has 0 aromatic heterocycles. The van der Waals surface area contributed by atoms with Crippen LogP contribution in [-0.2, 0) is 14.3 Å². The van der Waals surface area contributed by atoms with E-state index >= 15 is 0 Å². The lowest BCUT2D eigenvalue weighted by molar-refractivity contribution is -0.137. The van der Waals surface area contributed by atoms with Gasteiger partial charge in [0.05, 0.1) is 17.9 Å². The van der Waals surface area contributed by atoms with Crippen molar-refractivity contribution in [2.45, 2.75) is 20.8 Å². The predicted octanol–water partition coefficient (Wildman–Crippen LogP) is 2.77. The largest absolute Gasteiger partial charge is 0.463 e. The molecule has 0 saturated heterocycles. The molecule has 0 aliphatic carbocycles. The van der Waals surface area contributed by atoms with Gasteiger partial charge in [-0.05, 0) is 18.9 Å². The van der Waals surface area contributed by atoms with Gasteiger partial charge in [0.25, 0.3) is 5.91 Å². The lowest BCUT2D eigenvalue weighted by Gasteiger charge is -2.19. The van der Waals surface area contributed by atoms with E-state index in [2.05, 4.69) is 0 Å². The highest BCUT2D eigenvalue weighted by Crippen LogP contribution is 2.38. The van der Waals surface area contributed by atoms with Gasteiger partial charge in [0.1, 0.15) is 5.82 Å². The maximum Gasteiger partial charge on any atom is 0.331 e. The van der Waals surface area contributed by atoms with Gasteiger partial charge >= 0.3 is 5.97 Å². The van der Waals surface area contributed by atoms with Gasteiger partial charge in [-0.2, -0.15) is 0 Å². The third-order valence-electron chi connectivity index (χ3n) is 3.12. The van der Waals surface area contributed by atoms with Crippen LogP contribution in [0.2, 0.25) is 0 Å². The van der Waals surface area contributed by atoms with Crippen molar-refractivity contribution in [3.05, 3.63) is 35.7 Å². The number of benzene rings is 1. The monoisotopic (exact) mass is 291 g/mol. The normalized spacial score (nSPS) is 15.8. The Labute approximate surface area is 123 Å². The van der Waals surface area contributed by atoms with Gasteiger partial charge in [0, 0.05) is 18.2 Å². The standard InChI is InChI=1S/C16H18FNO3/c1-4-21-14(19)8-12-11-6-5-7-13(17)15(11)18(16(12)20)9-10(2)3/h5-8,10H,4,9H2,1-3H3. The van der Waals surface area contributed by atoms with Gasteiger partial charge in [0.15, 0.2) is 0 Å². The molecule has 4 nitrogen and oxygen atoms in total. The van der Waals surface area contributed by atoms with Gasteiger partial charge in [0.2, 0.25) is 0 Å². The van der Waals surface area contributed by atoms with Gasteiger partial charge in [-0.3, -0.25) is 4.79 Å². The lowest BCUT2D eigenvalue weighted by atomic mass is 10.1. The first-order chi connectivity index (χ1) is 9.95. The summed E-state index contributed by atoms with van der Waals surface area (Å²) in [5, 5.41) is 0. The zero-order valence-electron chi connectivity index (χ0n) is 12.4. The minimum atomic E-state index is -0.595. The topological polar surface area (TPSA) is 46.6 Å². The van der Waals surface area contributed by atoms with Crippen LogP contribution in [0.25, 0.3) is 5.57 Å². The second-order valence-corrected chi connectivity index (χ2v) is 5.26. The molecule has 0 atom stereocenters. The van der Waals surface area contributed by atoms with Crippen LogP contribution in [0.4, 0.5) is 10.1 Å². The van der Waals surface area contributed by atoms with Crippen molar-refractivity contribution in [3.8, 4) is 0 Å². The number of anilines is 1. The van der Waals surface area contributed by atoms with Gasteiger partial charge in [-0.1, -0.05) is 26.0 Å². The summed E-state index contributed by atoms with van der Waals surface area (Å²) in [5.74, 6) is -1.24. The first-order valence-electron chi connectivity index (χ1n) is 6.94. The van der Waals surface area contributed by atoms with Crippen LogP contribution in [0.1, 0.15) is 26.3 Å². The Morgan fingerprint density at radius 3 is 2.76 bits per heavy atom. The Balaban J connectivity index is 2.49. The van der Waals surface area contributed by atoms with E-state index in [-0.39, 0.29) is 29.7 Å². The van der Waals surface area contributed by atoms with Gasteiger partial charge in [-0.15, -0.1) is 0 Å². The summed E-state index contributed by atoms with van der Waals surface area (Å²) in [6.45, 7) is 6.20. The third kappa shape index (κ3) is 2.96. The van der Waals surface area contributed by atoms with Crippen molar-refractivity contribution >= 4 is 23.1 Å². The minimum absolute atomic E-state index is 0.184. The first kappa shape index (κ1) is 15.2. The average Bonchev–Trinajstić information content (AvgIpc) is 2.65. The maximum absolute atomic E-state index is 14.1. The van der Waals surface area contributed by atoms with Crippen molar-refractivity contribution in [2.75, 3.05) is 18.1 Å². The molecule has 2 rings (SSSR count). The number of halogens is 1. The molecule has 1 amide bonds. The fourth-order valence-corrected chi connectivity index (χ4v) is 2.35. The molecule has 1 heterocycles. The second-order valence-electron chi connectivity index (χ2n) is 5.26. The zero-order valence-corrected chi connectivity index (χ0v) is 12.4. The highest BCUT2D eigenvalue weighted by Gasteiger charge is 2.35. The van der Waals surface area contributed by atoms with E-state index in [1.165, 1.54) is 17.0 Å². The molecule has 112 valence electrons. The molecule has 0 spiro atoms. The number of nitrogens with zero attached hydrogens (tertiary/aromatic N) is 1. The van der Waals surface area contributed by atoms with Crippen LogP contribution in [0.15, 0.2) is 24.3 Å². The molecule has 0 saturated carbocycles. The summed E-state index contributed by atoms with van der Waals surface area (Å²) in [7, 11) is 0. The third-order valence-corrected chi connectivity index (χ3v) is 3.12. The van der Waals surface area contributed by atoms with Crippen LogP contribution >= 0.6 is 0 Å². The van der Waals surface area contributed by atoms with Crippen LogP contribution in [0, 0.1) is 11.7 Å². The van der Waals surface area contributed by atoms with E-state index in [9.17, 15) is 14.0 Å². The predicted molar refractivity (Wildman–Crippen MR) is 78.2 cm³/mol. The van der Waals surface area contributed by atoms with Gasteiger partial charge < -0.3 is 9.64 Å². The van der Waals surface area contributed by atoms with Gasteiger partial charge in [-0.25, -0.2) is 9.18 Å². The van der Waals surface area contributed by atoms with Crippen molar-refractivity contribution < 1.29 is 18.7 Å². The number of fused-ring (bicyclic) bond motifs is 1. The van der Waals surface area contributed by atoms with Crippen molar-refractivity contribution in [1.29, 1.82) is 0 Å². The van der Waals surface area contributed by atoms with E-state index in [0.717, 1.165) is 6.08 Å². The van der Waals surface area contributed by atoms with E-state index in [4.69, 9.17) is 4.74 Å². The van der Waals surface area contributed by atoms with Crippen molar-refractivity contribution in [1.82, 2.24) is 0 Å². The molecule has 0 fully saturated rings. The quantitative estimate of drug-likeness (QED) is 0.633. The number of ether oxygens (including phenoxy) is 1. The molecular formula is C16H18FNO3. The van der Waals surface area contributed by atoms with Crippen LogP contribution in [0.3, 0.4) is 0 Å². The number of para-hydroxylation sites is 1. The molecule has 1 aromatic rings. The Morgan fingerprint density at radius 1 is 1.43 bits per heavy atom. The molecule has 1 aliphatic rings. The minimum Gasteiger partial charge on any atom is -0.463 e. The lowest BCUT2D eigenvalue weighted by Crippen LogP contribution is -2.31. The second kappa shape index (κ2) is 6.08. The van der Waals surface area contributed by atoms with E-state index in [0.29, 0.717) is 12.1 Å². The molecule has 21 heavy (non-hydrogen) atoms. The van der Waals surface area contributed by atoms with E-state index in [1.54, 1.807) is 13.0 Å². The SMILES string of the molecule is CCOC(=O)C=C1C(=O)N(CC(C)C)c2c(F)cccc21. The summed E-state index contributed by atoms with van der Waals surface area (Å²) in [6.07, 6.45) is 1.14. The maximum atomic E-state index is 14.1. The summed E-state index contributed by atoms with van der Waals surface area (Å²) in [5.41, 5.74) is 0.865. The fourth-order valence-electron chi connectivity index (χ4n) is 2.35. The molecular weight excluding hydrogens is 273 g/mol. The fraction of sp³-hybridized carbons (Fsp3) is 0.375. The van der Waals surface area contributed by atoms with Crippen LogP contribution < -0.4 is 4.90 Å². The summed E-state index contributed by atoms with van der Waals surface area (Å²) in [6, 6.07) is 4.48. The van der Waals surface area contributed by atoms with E-state index < -0.39 is 11.8 Å². The number of hydrogen-bond acceptors (Lipinski definition) is 3. The zero-order chi connectivity index (χ0) is 15.6. The highest BCUT2D eigenvalue weighted by atomic mass is 19.1. The molecule has 1 aliphatic heterocycles. The van der Waals surface area contributed by atoms with Crippen LogP contribution in [0.5, 0.6) is 0 Å². The Hall–Kier alpha value is -2.17. The summed E-state index contributed by atoms with van der Waals surface area (Å²) in [4.78, 5) is 25.5. The number of rotatable bonds is 4. The Bertz CT molecular complexity index is 608. The van der Waals surface area contributed by atoms with E-state index in [1.807, 2.05) is 13.8 Å². The smallest absolute Gasteiger partial charge is 0.331 e. The summed E-state index contributed by atoms with van der Waals surface area (Å²) >= 11 is 0. The Morgan fingerprint density at radius 2 is 2.14 bits per heavy atom. The molecule has 0 radical (unpaired) electrons. The number of carbonyl (C=O) groups is 2. The number of amides is 1. The molecule has 1 aromatic carbocycles. The highest BCUT2D eigenvalue weighted by molar-refractivity contribution is 6.34. The first-order valence-corrected chi connectivity index (χ1v) is 6.94. The summed E-state index contributed by atoms with van der Waals surface area (Å²) < 4.78 is 18.9. The number of esters is 1. The van der Waals surface area contributed by atoms with Crippen LogP contribution in [-0.4, -0.2) is 25.0 Å².